The molecule has 0 N–H and O–H groups in total. The van der Waals surface area contributed by atoms with E-state index >= 15 is 0 Å². The van der Waals surface area contributed by atoms with E-state index in [9.17, 15) is 13.2 Å². The molecule has 6 nitrogen and oxygen atoms in total. The number of esters is 1. The standard InChI is InChI=1S/C13H20N2O4S/c1-11-14-5-6-15(11)7-8-20(17,18)10-13(3-4-13)9-12(16)19-2/h5-6H,3-4,7-10H2,1-2H3. The number of nitrogens with zero attached hydrogens (tertiary/aromatic N) is 2. The molecule has 0 bridgehead atoms. The summed E-state index contributed by atoms with van der Waals surface area (Å²) in [6.07, 6.45) is 5.19. The van der Waals surface area contributed by atoms with Gasteiger partial charge in [-0.25, -0.2) is 13.4 Å². The number of rotatable bonds is 7. The molecule has 0 aromatic carbocycles. The molecule has 1 aliphatic rings. The van der Waals surface area contributed by atoms with Crippen LogP contribution in [0.3, 0.4) is 0 Å². The van der Waals surface area contributed by atoms with Crippen LogP contribution in [0.5, 0.6) is 0 Å². The van der Waals surface area contributed by atoms with E-state index in [1.54, 1.807) is 12.4 Å². The summed E-state index contributed by atoms with van der Waals surface area (Å²) in [5, 5.41) is 0. The zero-order valence-electron chi connectivity index (χ0n) is 11.8. The topological polar surface area (TPSA) is 78.3 Å². The van der Waals surface area contributed by atoms with Crippen LogP contribution in [0.1, 0.15) is 25.1 Å². The summed E-state index contributed by atoms with van der Waals surface area (Å²) in [5.41, 5.74) is -0.379. The Bertz CT molecular complexity index is 587. The van der Waals surface area contributed by atoms with E-state index < -0.39 is 9.84 Å². The van der Waals surface area contributed by atoms with E-state index in [-0.39, 0.29) is 29.3 Å². The molecule has 1 heterocycles. The Balaban J connectivity index is 1.91. The molecule has 1 aliphatic carbocycles. The van der Waals surface area contributed by atoms with Crippen molar-refractivity contribution in [3.63, 3.8) is 0 Å². The van der Waals surface area contributed by atoms with Crippen molar-refractivity contribution in [1.82, 2.24) is 9.55 Å². The third-order valence-electron chi connectivity index (χ3n) is 3.80. The SMILES string of the molecule is COC(=O)CC1(CS(=O)(=O)CCn2ccnc2C)CC1. The van der Waals surface area contributed by atoms with Gasteiger partial charge in [0.15, 0.2) is 9.84 Å². The van der Waals surface area contributed by atoms with Crippen LogP contribution in [0.2, 0.25) is 0 Å². The Kier molecular flexibility index (Phi) is 4.17. The highest BCUT2D eigenvalue weighted by molar-refractivity contribution is 7.91. The smallest absolute Gasteiger partial charge is 0.306 e. The Morgan fingerprint density at radius 1 is 1.50 bits per heavy atom. The van der Waals surface area contributed by atoms with Gasteiger partial charge >= 0.3 is 5.97 Å². The third kappa shape index (κ3) is 3.82. The summed E-state index contributed by atoms with van der Waals surface area (Å²) in [6.45, 7) is 2.24. The van der Waals surface area contributed by atoms with Gasteiger partial charge in [-0.3, -0.25) is 4.79 Å². The highest BCUT2D eigenvalue weighted by atomic mass is 32.2. The molecule has 1 aromatic heterocycles. The molecule has 20 heavy (non-hydrogen) atoms. The maximum Gasteiger partial charge on any atom is 0.306 e. The summed E-state index contributed by atoms with van der Waals surface area (Å²) < 4.78 is 30.8. The van der Waals surface area contributed by atoms with Crippen molar-refractivity contribution in [2.45, 2.75) is 32.7 Å². The number of hydrogen-bond acceptors (Lipinski definition) is 5. The van der Waals surface area contributed by atoms with Gasteiger partial charge in [-0.2, -0.15) is 0 Å². The minimum absolute atomic E-state index is 0.0723. The average molecular weight is 300 g/mol. The van der Waals surface area contributed by atoms with Crippen LogP contribution in [0.25, 0.3) is 0 Å². The number of imidazole rings is 1. The summed E-state index contributed by atoms with van der Waals surface area (Å²) >= 11 is 0. The lowest BCUT2D eigenvalue weighted by Crippen LogP contribution is -2.25. The molecule has 0 amide bonds. The summed E-state index contributed by atoms with van der Waals surface area (Å²) in [5.74, 6) is 0.620. The fourth-order valence-electron chi connectivity index (χ4n) is 2.34. The summed E-state index contributed by atoms with van der Waals surface area (Å²) in [6, 6.07) is 0. The van der Waals surface area contributed by atoms with Crippen molar-refractivity contribution in [2.75, 3.05) is 18.6 Å². The van der Waals surface area contributed by atoms with Gasteiger partial charge < -0.3 is 9.30 Å². The monoisotopic (exact) mass is 300 g/mol. The number of methoxy groups -OCH3 is 1. The van der Waals surface area contributed by atoms with Crippen molar-refractivity contribution in [3.05, 3.63) is 18.2 Å². The molecule has 1 aromatic rings. The minimum Gasteiger partial charge on any atom is -0.469 e. The maximum absolute atomic E-state index is 12.2. The molecule has 0 radical (unpaired) electrons. The second-order valence-corrected chi connectivity index (χ2v) is 7.70. The lowest BCUT2D eigenvalue weighted by molar-refractivity contribution is -0.141. The largest absolute Gasteiger partial charge is 0.469 e. The van der Waals surface area contributed by atoms with E-state index in [0.717, 1.165) is 18.7 Å². The van der Waals surface area contributed by atoms with Crippen LogP contribution in [0.4, 0.5) is 0 Å². The van der Waals surface area contributed by atoms with Crippen LogP contribution >= 0.6 is 0 Å². The molecule has 7 heteroatoms. The Labute approximate surface area is 119 Å². The van der Waals surface area contributed by atoms with Crippen molar-refractivity contribution in [3.8, 4) is 0 Å². The fraction of sp³-hybridized carbons (Fsp3) is 0.692. The molecule has 0 saturated heterocycles. The Morgan fingerprint density at radius 2 is 2.20 bits per heavy atom. The maximum atomic E-state index is 12.2. The molecule has 1 saturated carbocycles. The lowest BCUT2D eigenvalue weighted by atomic mass is 10.1. The number of aryl methyl sites for hydroxylation is 2. The predicted molar refractivity (Wildman–Crippen MR) is 73.9 cm³/mol. The zero-order chi connectivity index (χ0) is 14.8. The molecular weight excluding hydrogens is 280 g/mol. The number of aromatic nitrogens is 2. The van der Waals surface area contributed by atoms with Gasteiger partial charge in [0.25, 0.3) is 0 Å². The van der Waals surface area contributed by atoms with Crippen LogP contribution in [0, 0.1) is 12.3 Å². The molecule has 2 rings (SSSR count). The molecule has 0 atom stereocenters. The fourth-order valence-corrected chi connectivity index (χ4v) is 4.29. The molecule has 0 spiro atoms. The van der Waals surface area contributed by atoms with Gasteiger partial charge in [0, 0.05) is 18.9 Å². The third-order valence-corrected chi connectivity index (χ3v) is 5.65. The zero-order valence-corrected chi connectivity index (χ0v) is 12.6. The van der Waals surface area contributed by atoms with E-state index in [2.05, 4.69) is 9.72 Å². The lowest BCUT2D eigenvalue weighted by Gasteiger charge is -2.14. The summed E-state index contributed by atoms with van der Waals surface area (Å²) in [7, 11) is -1.85. The summed E-state index contributed by atoms with van der Waals surface area (Å²) in [4.78, 5) is 15.4. The number of carbonyl (C=O) groups excluding carboxylic acids is 1. The normalized spacial score (nSPS) is 16.9. The number of sulfone groups is 1. The first-order valence-corrected chi connectivity index (χ1v) is 8.43. The Morgan fingerprint density at radius 3 is 2.70 bits per heavy atom. The van der Waals surface area contributed by atoms with Gasteiger partial charge in [0.2, 0.25) is 0 Å². The van der Waals surface area contributed by atoms with Gasteiger partial charge in [-0.15, -0.1) is 0 Å². The highest BCUT2D eigenvalue weighted by Gasteiger charge is 2.47. The van der Waals surface area contributed by atoms with E-state index in [1.807, 2.05) is 11.5 Å². The van der Waals surface area contributed by atoms with Crippen molar-refractivity contribution in [2.24, 2.45) is 5.41 Å². The van der Waals surface area contributed by atoms with Crippen molar-refractivity contribution >= 4 is 15.8 Å². The average Bonchev–Trinajstić information content (AvgIpc) is 2.97. The first-order chi connectivity index (χ1) is 9.36. The van der Waals surface area contributed by atoms with Gasteiger partial charge in [0.1, 0.15) is 5.82 Å². The molecular formula is C13H20N2O4S. The van der Waals surface area contributed by atoms with Crippen molar-refractivity contribution in [1.29, 1.82) is 0 Å². The first kappa shape index (κ1) is 15.0. The number of ether oxygens (including phenoxy) is 1. The molecule has 0 aliphatic heterocycles. The first-order valence-electron chi connectivity index (χ1n) is 6.61. The molecule has 0 unspecified atom stereocenters. The van der Waals surface area contributed by atoms with Gasteiger partial charge in [-0.1, -0.05) is 0 Å². The minimum atomic E-state index is -3.18. The highest BCUT2D eigenvalue weighted by Crippen LogP contribution is 2.50. The van der Waals surface area contributed by atoms with Crippen LogP contribution in [0.15, 0.2) is 12.4 Å². The van der Waals surface area contributed by atoms with E-state index in [4.69, 9.17) is 0 Å². The van der Waals surface area contributed by atoms with Crippen LogP contribution in [-0.2, 0) is 25.9 Å². The number of hydrogen-bond donors (Lipinski definition) is 0. The van der Waals surface area contributed by atoms with Crippen LogP contribution in [-0.4, -0.2) is 42.6 Å². The predicted octanol–water partition coefficient (Wildman–Crippen LogP) is 0.950. The van der Waals surface area contributed by atoms with Gasteiger partial charge in [0.05, 0.1) is 25.0 Å². The van der Waals surface area contributed by atoms with E-state index in [1.165, 1.54) is 7.11 Å². The second kappa shape index (κ2) is 5.55. The van der Waals surface area contributed by atoms with E-state index in [0.29, 0.717) is 6.54 Å². The molecule has 1 fully saturated rings. The second-order valence-electron chi connectivity index (χ2n) is 5.51. The number of carbonyl (C=O) groups is 1. The quantitative estimate of drug-likeness (QED) is 0.701. The van der Waals surface area contributed by atoms with Gasteiger partial charge in [-0.05, 0) is 25.2 Å². The molecule has 112 valence electrons. The van der Waals surface area contributed by atoms with Crippen molar-refractivity contribution < 1.29 is 17.9 Å². The Hall–Kier alpha value is -1.37. The van der Waals surface area contributed by atoms with Crippen LogP contribution < -0.4 is 0 Å².